The lowest BCUT2D eigenvalue weighted by atomic mass is 10.2. The molecular formula is C16H20N4O. The molecule has 0 fully saturated rings. The van der Waals surface area contributed by atoms with Gasteiger partial charge in [-0.2, -0.15) is 0 Å². The number of carbonyl (C=O) groups is 1. The molecular weight excluding hydrogens is 264 g/mol. The molecule has 0 aliphatic heterocycles. The fourth-order valence-corrected chi connectivity index (χ4v) is 1.97. The molecule has 2 aromatic rings. The fourth-order valence-electron chi connectivity index (χ4n) is 1.97. The van der Waals surface area contributed by atoms with Gasteiger partial charge in [0.2, 0.25) is 0 Å². The number of carbonyl (C=O) groups excluding carboxylic acids is 1. The van der Waals surface area contributed by atoms with E-state index >= 15 is 0 Å². The van der Waals surface area contributed by atoms with E-state index in [4.69, 9.17) is 5.73 Å². The molecule has 0 atom stereocenters. The summed E-state index contributed by atoms with van der Waals surface area (Å²) < 4.78 is 0. The monoisotopic (exact) mass is 284 g/mol. The Morgan fingerprint density at radius 2 is 2.05 bits per heavy atom. The molecule has 0 spiro atoms. The van der Waals surface area contributed by atoms with E-state index in [1.165, 1.54) is 6.20 Å². The maximum atomic E-state index is 12.6. The van der Waals surface area contributed by atoms with Crippen LogP contribution in [-0.2, 0) is 0 Å². The second kappa shape index (κ2) is 5.91. The minimum atomic E-state index is -0.234. The second-order valence-electron chi connectivity index (χ2n) is 5.39. The number of hydrogen-bond acceptors (Lipinski definition) is 4. The third kappa shape index (κ3) is 3.18. The third-order valence-corrected chi connectivity index (χ3v) is 3.25. The van der Waals surface area contributed by atoms with Gasteiger partial charge in [0.05, 0.1) is 11.9 Å². The molecule has 0 saturated carbocycles. The van der Waals surface area contributed by atoms with Crippen molar-refractivity contribution < 1.29 is 4.79 Å². The van der Waals surface area contributed by atoms with E-state index in [2.05, 4.69) is 9.97 Å². The number of nitrogen functional groups attached to an aromatic ring is 1. The average molecular weight is 284 g/mol. The van der Waals surface area contributed by atoms with Crippen molar-refractivity contribution in [3.63, 3.8) is 0 Å². The van der Waals surface area contributed by atoms with Crippen LogP contribution in [0.1, 0.15) is 41.6 Å². The zero-order chi connectivity index (χ0) is 15.6. The minimum Gasteiger partial charge on any atom is -0.396 e. The summed E-state index contributed by atoms with van der Waals surface area (Å²) in [6, 6.07) is 7.72. The van der Waals surface area contributed by atoms with Crippen LogP contribution in [0.15, 0.2) is 30.5 Å². The van der Waals surface area contributed by atoms with Crippen LogP contribution in [0.3, 0.4) is 0 Å². The van der Waals surface area contributed by atoms with Gasteiger partial charge in [-0.1, -0.05) is 26.0 Å². The van der Waals surface area contributed by atoms with E-state index in [9.17, 15) is 4.79 Å². The third-order valence-electron chi connectivity index (χ3n) is 3.25. The molecule has 0 bridgehead atoms. The van der Waals surface area contributed by atoms with Crippen molar-refractivity contribution in [2.24, 2.45) is 0 Å². The van der Waals surface area contributed by atoms with E-state index in [0.29, 0.717) is 11.5 Å². The van der Waals surface area contributed by atoms with Gasteiger partial charge < -0.3 is 10.6 Å². The Bertz CT molecular complexity index is 667. The first kappa shape index (κ1) is 15.0. The number of nitrogens with two attached hydrogens (primary N) is 1. The first-order chi connectivity index (χ1) is 9.90. The Labute approximate surface area is 124 Å². The quantitative estimate of drug-likeness (QED) is 0.940. The predicted octanol–water partition coefficient (Wildman–Crippen LogP) is 2.77. The number of nitrogens with zero attached hydrogens (tertiary/aromatic N) is 3. The van der Waals surface area contributed by atoms with Crippen LogP contribution < -0.4 is 10.6 Å². The molecule has 21 heavy (non-hydrogen) atoms. The molecule has 0 saturated heterocycles. The van der Waals surface area contributed by atoms with E-state index in [0.717, 1.165) is 11.3 Å². The summed E-state index contributed by atoms with van der Waals surface area (Å²) >= 11 is 0. The van der Waals surface area contributed by atoms with E-state index in [1.807, 2.05) is 45.0 Å². The van der Waals surface area contributed by atoms with Crippen molar-refractivity contribution in [3.8, 4) is 0 Å². The molecule has 110 valence electrons. The molecule has 1 aromatic heterocycles. The van der Waals surface area contributed by atoms with Gasteiger partial charge in [0.15, 0.2) is 5.69 Å². The topological polar surface area (TPSA) is 72.1 Å². The highest BCUT2D eigenvalue weighted by Crippen LogP contribution is 2.20. The molecule has 0 radical (unpaired) electrons. The zero-order valence-electron chi connectivity index (χ0n) is 12.8. The van der Waals surface area contributed by atoms with Gasteiger partial charge in [0.25, 0.3) is 5.91 Å². The van der Waals surface area contributed by atoms with Crippen molar-refractivity contribution in [3.05, 3.63) is 47.5 Å². The lowest BCUT2D eigenvalue weighted by Crippen LogP contribution is -2.28. The summed E-state index contributed by atoms with van der Waals surface area (Å²) in [6.07, 6.45) is 1.50. The molecule has 1 aromatic carbocycles. The molecule has 2 N–H and O–H groups in total. The number of hydrogen-bond donors (Lipinski definition) is 1. The number of anilines is 2. The highest BCUT2D eigenvalue weighted by Gasteiger charge is 2.19. The Morgan fingerprint density at radius 3 is 2.67 bits per heavy atom. The van der Waals surface area contributed by atoms with Gasteiger partial charge in [-0.05, 0) is 24.6 Å². The Balaban J connectivity index is 2.37. The largest absolute Gasteiger partial charge is 0.396 e. The first-order valence-corrected chi connectivity index (χ1v) is 6.87. The van der Waals surface area contributed by atoms with E-state index in [1.54, 1.807) is 11.9 Å². The summed E-state index contributed by atoms with van der Waals surface area (Å²) in [5, 5.41) is 0. The van der Waals surface area contributed by atoms with E-state index in [-0.39, 0.29) is 17.5 Å². The number of benzene rings is 1. The highest BCUT2D eigenvalue weighted by molar-refractivity contribution is 6.07. The maximum Gasteiger partial charge on any atom is 0.278 e. The SMILES string of the molecule is Cc1cccc(N(C)C(=O)c2nc(C(C)C)ncc2N)c1. The van der Waals surface area contributed by atoms with Crippen LogP contribution in [0, 0.1) is 6.92 Å². The fraction of sp³-hybridized carbons (Fsp3) is 0.312. The molecule has 0 aliphatic rings. The van der Waals surface area contributed by atoms with Crippen LogP contribution in [-0.4, -0.2) is 22.9 Å². The first-order valence-electron chi connectivity index (χ1n) is 6.87. The Hall–Kier alpha value is -2.43. The molecule has 5 heteroatoms. The Kier molecular flexibility index (Phi) is 4.21. The lowest BCUT2D eigenvalue weighted by molar-refractivity contribution is 0.0988. The van der Waals surface area contributed by atoms with Gasteiger partial charge in [-0.3, -0.25) is 4.79 Å². The van der Waals surface area contributed by atoms with Gasteiger partial charge in [-0.15, -0.1) is 0 Å². The van der Waals surface area contributed by atoms with Crippen LogP contribution in [0.2, 0.25) is 0 Å². The normalized spacial score (nSPS) is 10.7. The van der Waals surface area contributed by atoms with E-state index < -0.39 is 0 Å². The summed E-state index contributed by atoms with van der Waals surface area (Å²) in [5.74, 6) is 0.522. The van der Waals surface area contributed by atoms with Crippen LogP contribution in [0.5, 0.6) is 0 Å². The van der Waals surface area contributed by atoms with Gasteiger partial charge in [0.1, 0.15) is 5.82 Å². The smallest absolute Gasteiger partial charge is 0.278 e. The standard InChI is InChI=1S/C16H20N4O/c1-10(2)15-18-9-13(17)14(19-15)16(21)20(4)12-7-5-6-11(3)8-12/h5-10H,17H2,1-4H3. The van der Waals surface area contributed by atoms with Crippen LogP contribution in [0.25, 0.3) is 0 Å². The Morgan fingerprint density at radius 1 is 1.33 bits per heavy atom. The summed E-state index contributed by atoms with van der Waals surface area (Å²) in [7, 11) is 1.72. The summed E-state index contributed by atoms with van der Waals surface area (Å²) in [4.78, 5) is 22.6. The highest BCUT2D eigenvalue weighted by atomic mass is 16.2. The van der Waals surface area contributed by atoms with Gasteiger partial charge in [-0.25, -0.2) is 9.97 Å². The van der Waals surface area contributed by atoms with Crippen molar-refractivity contribution in [1.82, 2.24) is 9.97 Å². The number of aryl methyl sites for hydroxylation is 1. The number of amides is 1. The number of rotatable bonds is 3. The minimum absolute atomic E-state index is 0.140. The summed E-state index contributed by atoms with van der Waals surface area (Å²) in [6.45, 7) is 5.94. The van der Waals surface area contributed by atoms with Crippen molar-refractivity contribution in [2.45, 2.75) is 26.7 Å². The number of aromatic nitrogens is 2. The molecule has 5 nitrogen and oxygen atoms in total. The van der Waals surface area contributed by atoms with Crippen LogP contribution >= 0.6 is 0 Å². The van der Waals surface area contributed by atoms with Crippen molar-refractivity contribution in [1.29, 1.82) is 0 Å². The maximum absolute atomic E-state index is 12.6. The molecule has 2 rings (SSSR count). The van der Waals surface area contributed by atoms with Crippen molar-refractivity contribution in [2.75, 3.05) is 17.7 Å². The molecule has 0 aliphatic carbocycles. The van der Waals surface area contributed by atoms with Crippen molar-refractivity contribution >= 4 is 17.3 Å². The predicted molar refractivity (Wildman–Crippen MR) is 84.4 cm³/mol. The zero-order valence-corrected chi connectivity index (χ0v) is 12.8. The van der Waals surface area contributed by atoms with Gasteiger partial charge in [0, 0.05) is 18.7 Å². The lowest BCUT2D eigenvalue weighted by Gasteiger charge is -2.18. The molecule has 1 heterocycles. The summed E-state index contributed by atoms with van der Waals surface area (Å²) in [5.41, 5.74) is 8.30. The molecule has 1 amide bonds. The average Bonchev–Trinajstić information content (AvgIpc) is 2.46. The molecule has 0 unspecified atom stereocenters. The van der Waals surface area contributed by atoms with Gasteiger partial charge >= 0.3 is 0 Å². The van der Waals surface area contributed by atoms with Crippen LogP contribution in [0.4, 0.5) is 11.4 Å². The second-order valence-corrected chi connectivity index (χ2v) is 5.39.